The molecule has 12 rings (SSSR count). The Morgan fingerprint density at radius 1 is 0.202 bits per heavy atom. The van der Waals surface area contributed by atoms with Crippen molar-refractivity contribution in [2.45, 2.75) is 83.1 Å². The minimum atomic E-state index is 0.711. The fourth-order valence-corrected chi connectivity index (χ4v) is 4.33. The number of aromatic nitrogens is 26. The Labute approximate surface area is 490 Å². The predicted octanol–water partition coefficient (Wildman–Crippen LogP) is 8.21. The molecule has 12 heterocycles. The number of rotatable bonds is 0. The zero-order valence-electron chi connectivity index (χ0n) is 49.3. The minimum Gasteiger partial charge on any atom is -0.264 e. The lowest BCUT2D eigenvalue weighted by atomic mass is 10.3. The molecule has 0 bridgehead atoms. The highest BCUT2D eigenvalue weighted by Crippen LogP contribution is 1.90. The van der Waals surface area contributed by atoms with Crippen LogP contribution in [0.1, 0.15) is 68.3 Å². The monoisotopic (exact) mass is 1130 g/mol. The lowest BCUT2D eigenvalue weighted by Crippen LogP contribution is -1.85. The van der Waals surface area contributed by atoms with Crippen LogP contribution >= 0.6 is 0 Å². The summed E-state index contributed by atoms with van der Waals surface area (Å²) in [5, 5.41) is 36.0. The second-order valence-electron chi connectivity index (χ2n) is 16.1. The molecule has 84 heavy (non-hydrogen) atoms. The van der Waals surface area contributed by atoms with Gasteiger partial charge in [0.25, 0.3) is 0 Å². The predicted molar refractivity (Wildman–Crippen MR) is 317 cm³/mol. The molecule has 0 unspecified atom stereocenters. The molecule has 26 heteroatoms. The van der Waals surface area contributed by atoms with Gasteiger partial charge in [0.15, 0.2) is 0 Å². The molecule has 0 radical (unpaired) electrons. The third-order valence-electron chi connectivity index (χ3n) is 8.31. The third kappa shape index (κ3) is 48.0. The largest absolute Gasteiger partial charge is 0.264 e. The maximum atomic E-state index is 3.98. The molecule has 0 atom stereocenters. The standard InChI is InChI=1S/2C6H7N.6C5H6N2.4C4H5N3/c1-6-3-2-4-7-5-6;1-6-4-2-3-5-7-6;1-5-2-6-4-7-3-5;1-5-4-6-2-3-7-5;1-5-2-3-6-4-7-5;1-5-2-3-6-7-4-5;1-5-6-3-2-4-7-5;1-5-3-2-4-6-7-5;1-4-6-2-5-3-7-4;1-4-2-6-7-3-5-4;1-4-2-5-3-6-7-4;1-4-5-2-3-6-7-4/h2*2-5H,1H3;6*2-4H,1H3;4*2-3H,1H3. The summed E-state index contributed by atoms with van der Waals surface area (Å²) in [6, 6.07) is 19.1. The lowest BCUT2D eigenvalue weighted by Gasteiger charge is -1.82. The van der Waals surface area contributed by atoms with E-state index in [0.717, 1.165) is 56.9 Å². The highest BCUT2D eigenvalue weighted by Gasteiger charge is 1.82. The van der Waals surface area contributed by atoms with Gasteiger partial charge in [-0.15, -0.1) is 15.3 Å². The van der Waals surface area contributed by atoms with Crippen molar-refractivity contribution in [1.82, 2.24) is 131 Å². The molecule has 0 aliphatic carbocycles. The summed E-state index contributed by atoms with van der Waals surface area (Å²) < 4.78 is 0. The van der Waals surface area contributed by atoms with Crippen LogP contribution in [0, 0.1) is 83.1 Å². The van der Waals surface area contributed by atoms with E-state index in [9.17, 15) is 0 Å². The normalized spacial score (nSPS) is 8.71. The molecule has 0 aliphatic rings. The van der Waals surface area contributed by atoms with Crippen LogP contribution in [0.4, 0.5) is 0 Å². The first-order valence-corrected chi connectivity index (χ1v) is 25.2. The zero-order chi connectivity index (χ0) is 61.4. The van der Waals surface area contributed by atoms with Crippen molar-refractivity contribution in [3.8, 4) is 0 Å². The summed E-state index contributed by atoms with van der Waals surface area (Å²) in [7, 11) is 0. The second kappa shape index (κ2) is 50.1. The summed E-state index contributed by atoms with van der Waals surface area (Å²) in [5.74, 6) is 2.29. The van der Waals surface area contributed by atoms with Crippen LogP contribution in [0.2, 0.25) is 0 Å². The van der Waals surface area contributed by atoms with E-state index in [0.29, 0.717) is 5.82 Å². The molecule has 0 aromatic carbocycles. The van der Waals surface area contributed by atoms with E-state index in [1.807, 2.05) is 137 Å². The lowest BCUT2D eigenvalue weighted by molar-refractivity contribution is 0.907. The van der Waals surface area contributed by atoms with Crippen LogP contribution < -0.4 is 0 Å². The van der Waals surface area contributed by atoms with Crippen LogP contribution in [0.15, 0.2) is 210 Å². The van der Waals surface area contributed by atoms with E-state index in [4.69, 9.17) is 0 Å². The number of aryl methyl sites for hydroxylation is 12. The molecular formula is C58H70N26. The quantitative estimate of drug-likeness (QED) is 0.138. The third-order valence-corrected chi connectivity index (χ3v) is 8.31. The van der Waals surface area contributed by atoms with E-state index in [1.54, 1.807) is 118 Å². The number of nitrogens with zero attached hydrogens (tertiary/aromatic N) is 26. The molecule has 0 saturated carbocycles. The molecule has 0 spiro atoms. The highest BCUT2D eigenvalue weighted by atomic mass is 15.1. The Morgan fingerprint density at radius 2 is 0.762 bits per heavy atom. The van der Waals surface area contributed by atoms with E-state index in [-0.39, 0.29) is 0 Å². The van der Waals surface area contributed by atoms with Gasteiger partial charge in [-0.1, -0.05) is 12.1 Å². The maximum Gasteiger partial charge on any atom is 0.147 e. The molecule has 0 fully saturated rings. The molecular weight excluding hydrogens is 1060 g/mol. The first-order chi connectivity index (χ1) is 40.7. The minimum absolute atomic E-state index is 0.711. The maximum absolute atomic E-state index is 3.98. The fourth-order valence-electron chi connectivity index (χ4n) is 4.33. The van der Waals surface area contributed by atoms with Crippen LogP contribution in [0.5, 0.6) is 0 Å². The Hall–Kier alpha value is -11.2. The van der Waals surface area contributed by atoms with Gasteiger partial charge in [-0.05, 0) is 148 Å². The van der Waals surface area contributed by atoms with Crippen molar-refractivity contribution in [3.63, 3.8) is 0 Å². The molecule has 12 aromatic rings. The molecule has 0 saturated heterocycles. The van der Waals surface area contributed by atoms with Crippen LogP contribution in [0.25, 0.3) is 0 Å². The van der Waals surface area contributed by atoms with Gasteiger partial charge in [-0.25, -0.2) is 59.8 Å². The van der Waals surface area contributed by atoms with E-state index < -0.39 is 0 Å². The SMILES string of the molecule is Cc1ccccn1.Cc1cccnc1.Cc1cccnn1.Cc1ccncn1.Cc1ccnnc1.Cc1cnccn1.Cc1cncnc1.Cc1cncnn1.Cc1cnncn1.Cc1ncccn1.Cc1nccnn1.Cc1ncncn1. The molecule has 0 aliphatic heterocycles. The van der Waals surface area contributed by atoms with Crippen molar-refractivity contribution in [3.05, 3.63) is 278 Å². The Kier molecular flexibility index (Phi) is 42.2. The summed E-state index contributed by atoms with van der Waals surface area (Å²) >= 11 is 0. The van der Waals surface area contributed by atoms with Gasteiger partial charge in [0.1, 0.15) is 55.4 Å². The van der Waals surface area contributed by atoms with E-state index in [2.05, 4.69) is 131 Å². The van der Waals surface area contributed by atoms with Crippen molar-refractivity contribution < 1.29 is 0 Å². The zero-order valence-corrected chi connectivity index (χ0v) is 49.3. The van der Waals surface area contributed by atoms with Crippen molar-refractivity contribution in [2.24, 2.45) is 0 Å². The van der Waals surface area contributed by atoms with Gasteiger partial charge in [0.05, 0.1) is 47.6 Å². The average molecular weight is 1130 g/mol. The summed E-state index contributed by atoms with van der Waals surface area (Å²) in [6.45, 7) is 22.9. The van der Waals surface area contributed by atoms with Crippen molar-refractivity contribution in [1.29, 1.82) is 0 Å². The molecule has 0 N–H and O–H groups in total. The van der Waals surface area contributed by atoms with Gasteiger partial charge >= 0.3 is 0 Å². The average Bonchev–Trinajstić information content (AvgIpc) is 3.51. The first-order valence-electron chi connectivity index (χ1n) is 25.2. The summed E-state index contributed by atoms with van der Waals surface area (Å²) in [4.78, 5) is 60.9. The van der Waals surface area contributed by atoms with Crippen molar-refractivity contribution >= 4 is 0 Å². The van der Waals surface area contributed by atoms with Crippen molar-refractivity contribution in [2.75, 3.05) is 0 Å². The highest BCUT2D eigenvalue weighted by molar-refractivity contribution is 5.05. The Morgan fingerprint density at radius 3 is 1.05 bits per heavy atom. The topological polar surface area (TPSA) is 335 Å². The molecule has 432 valence electrons. The fraction of sp³-hybridized carbons (Fsp3) is 0.207. The Bertz CT molecular complexity index is 2440. The van der Waals surface area contributed by atoms with Gasteiger partial charge in [0.2, 0.25) is 0 Å². The summed E-state index contributed by atoms with van der Waals surface area (Å²) in [5.41, 5.74) is 9.21. The van der Waals surface area contributed by atoms with Gasteiger partial charge in [-0.2, -0.15) is 35.7 Å². The number of hydrogen-bond donors (Lipinski definition) is 0. The van der Waals surface area contributed by atoms with Gasteiger partial charge in [0, 0.05) is 98.1 Å². The van der Waals surface area contributed by atoms with Crippen LogP contribution in [0.3, 0.4) is 0 Å². The molecule has 26 nitrogen and oxygen atoms in total. The molecule has 0 amide bonds. The molecule has 12 aromatic heterocycles. The van der Waals surface area contributed by atoms with Gasteiger partial charge in [-0.3, -0.25) is 19.9 Å². The second-order valence-corrected chi connectivity index (χ2v) is 16.1. The number of hydrogen-bond acceptors (Lipinski definition) is 26. The number of pyridine rings is 2. The van der Waals surface area contributed by atoms with Crippen LogP contribution in [-0.4, -0.2) is 131 Å². The first kappa shape index (κ1) is 70.8. The Balaban J connectivity index is 0.000000458. The smallest absolute Gasteiger partial charge is 0.147 e. The summed E-state index contributed by atoms with van der Waals surface area (Å²) in [6.07, 6.45) is 39.5. The van der Waals surface area contributed by atoms with Crippen LogP contribution in [-0.2, 0) is 0 Å². The van der Waals surface area contributed by atoms with E-state index >= 15 is 0 Å². The van der Waals surface area contributed by atoms with E-state index in [1.165, 1.54) is 43.5 Å². The van der Waals surface area contributed by atoms with Gasteiger partial charge < -0.3 is 0 Å².